The molecule has 1 fully saturated rings. The molecule has 2 aliphatic heterocycles. The zero-order valence-electron chi connectivity index (χ0n) is 18.0. The van der Waals surface area contributed by atoms with Crippen LogP contribution < -0.4 is 4.74 Å². The van der Waals surface area contributed by atoms with Gasteiger partial charge in [0.25, 0.3) is 5.88 Å². The fourth-order valence-corrected chi connectivity index (χ4v) is 4.01. The average molecular weight is 453 g/mol. The Labute approximate surface area is 188 Å². The Morgan fingerprint density at radius 1 is 1.18 bits per heavy atom. The van der Waals surface area contributed by atoms with Gasteiger partial charge in [-0.15, -0.1) is 0 Å². The molecule has 1 atom stereocenters. The third-order valence-corrected chi connectivity index (χ3v) is 5.71. The summed E-state index contributed by atoms with van der Waals surface area (Å²) in [5, 5.41) is 9.66. The SMILES string of the molecule is Cc1cnn(C)c1-c1ccc(F)c(OC2CN(C(=O)N3N=CC[C@H]3c3cncc(F)c3)C2)n1. The van der Waals surface area contributed by atoms with E-state index in [0.717, 1.165) is 17.5 Å². The Kier molecular flexibility index (Phi) is 5.23. The molecule has 0 radical (unpaired) electrons. The molecule has 2 amide bonds. The summed E-state index contributed by atoms with van der Waals surface area (Å²) in [5.74, 6) is -1.17. The maximum absolute atomic E-state index is 14.4. The first-order valence-corrected chi connectivity index (χ1v) is 10.4. The van der Waals surface area contributed by atoms with Crippen LogP contribution in [0, 0.1) is 18.6 Å². The molecule has 0 saturated carbocycles. The molecule has 0 spiro atoms. The molecule has 33 heavy (non-hydrogen) atoms. The van der Waals surface area contributed by atoms with Crippen LogP contribution in [0.1, 0.15) is 23.6 Å². The minimum Gasteiger partial charge on any atom is -0.468 e. The molecule has 3 aromatic heterocycles. The van der Waals surface area contributed by atoms with E-state index in [2.05, 4.69) is 20.2 Å². The van der Waals surface area contributed by atoms with Gasteiger partial charge in [0.1, 0.15) is 11.9 Å². The number of carbonyl (C=O) groups excluding carboxylic acids is 1. The van der Waals surface area contributed by atoms with Crippen molar-refractivity contribution in [3.05, 3.63) is 59.6 Å². The van der Waals surface area contributed by atoms with E-state index >= 15 is 0 Å². The largest absolute Gasteiger partial charge is 0.468 e. The number of rotatable bonds is 4. The maximum Gasteiger partial charge on any atom is 0.341 e. The van der Waals surface area contributed by atoms with Gasteiger partial charge in [0.05, 0.1) is 42.9 Å². The van der Waals surface area contributed by atoms with Gasteiger partial charge in [0.2, 0.25) is 0 Å². The van der Waals surface area contributed by atoms with Crippen LogP contribution >= 0.6 is 0 Å². The van der Waals surface area contributed by atoms with E-state index < -0.39 is 23.8 Å². The van der Waals surface area contributed by atoms with Crippen LogP contribution in [0.5, 0.6) is 5.88 Å². The highest BCUT2D eigenvalue weighted by atomic mass is 19.1. The normalized spacial score (nSPS) is 18.0. The number of hydrogen-bond acceptors (Lipinski definition) is 6. The van der Waals surface area contributed by atoms with Crippen molar-refractivity contribution in [1.82, 2.24) is 29.7 Å². The smallest absolute Gasteiger partial charge is 0.341 e. The summed E-state index contributed by atoms with van der Waals surface area (Å²) in [6.45, 7) is 2.42. The quantitative estimate of drug-likeness (QED) is 0.606. The van der Waals surface area contributed by atoms with Crippen LogP contribution in [0.25, 0.3) is 11.4 Å². The highest BCUT2D eigenvalue weighted by Crippen LogP contribution is 2.31. The van der Waals surface area contributed by atoms with E-state index in [-0.39, 0.29) is 25.0 Å². The maximum atomic E-state index is 14.4. The zero-order chi connectivity index (χ0) is 23.1. The van der Waals surface area contributed by atoms with Gasteiger partial charge in [-0.25, -0.2) is 23.6 Å². The van der Waals surface area contributed by atoms with Gasteiger partial charge in [-0.2, -0.15) is 10.2 Å². The van der Waals surface area contributed by atoms with Crippen LogP contribution in [-0.4, -0.2) is 61.1 Å². The summed E-state index contributed by atoms with van der Waals surface area (Å²) >= 11 is 0. The Hall–Kier alpha value is -3.89. The van der Waals surface area contributed by atoms with E-state index in [1.165, 1.54) is 23.3 Å². The zero-order valence-corrected chi connectivity index (χ0v) is 18.0. The number of aryl methyl sites for hydroxylation is 2. The number of aromatic nitrogens is 4. The molecule has 1 saturated heterocycles. The van der Waals surface area contributed by atoms with Crippen molar-refractivity contribution in [2.24, 2.45) is 12.1 Å². The number of nitrogens with zero attached hydrogens (tertiary/aromatic N) is 7. The number of amides is 2. The monoisotopic (exact) mass is 453 g/mol. The lowest BCUT2D eigenvalue weighted by atomic mass is 10.1. The number of urea groups is 1. The summed E-state index contributed by atoms with van der Waals surface area (Å²) in [4.78, 5) is 22.6. The Morgan fingerprint density at radius 2 is 2.00 bits per heavy atom. The minimum absolute atomic E-state index is 0.117. The van der Waals surface area contributed by atoms with Crippen molar-refractivity contribution in [2.75, 3.05) is 13.1 Å². The molecule has 0 aromatic carbocycles. The predicted molar refractivity (Wildman–Crippen MR) is 114 cm³/mol. The highest BCUT2D eigenvalue weighted by molar-refractivity contribution is 5.79. The van der Waals surface area contributed by atoms with Gasteiger partial charge in [0.15, 0.2) is 5.82 Å². The third kappa shape index (κ3) is 3.90. The second kappa shape index (κ2) is 8.23. The number of pyridine rings is 2. The second-order valence-corrected chi connectivity index (χ2v) is 8.04. The van der Waals surface area contributed by atoms with Crippen molar-refractivity contribution < 1.29 is 18.3 Å². The van der Waals surface area contributed by atoms with Gasteiger partial charge in [0, 0.05) is 25.9 Å². The molecule has 9 nitrogen and oxygen atoms in total. The summed E-state index contributed by atoms with van der Waals surface area (Å²) in [5.41, 5.74) is 2.81. The van der Waals surface area contributed by atoms with Crippen LogP contribution in [-0.2, 0) is 7.05 Å². The summed E-state index contributed by atoms with van der Waals surface area (Å²) in [6.07, 6.45) is 6.03. The van der Waals surface area contributed by atoms with Gasteiger partial charge in [-0.05, 0) is 36.2 Å². The first kappa shape index (κ1) is 21.0. The first-order chi connectivity index (χ1) is 15.9. The molecular weight excluding hydrogens is 432 g/mol. The number of hydrogen-bond donors (Lipinski definition) is 0. The van der Waals surface area contributed by atoms with Crippen molar-refractivity contribution in [2.45, 2.75) is 25.5 Å². The van der Waals surface area contributed by atoms with Gasteiger partial charge < -0.3 is 9.64 Å². The lowest BCUT2D eigenvalue weighted by Crippen LogP contribution is -2.59. The number of hydrazone groups is 1. The van der Waals surface area contributed by atoms with E-state index in [0.29, 0.717) is 17.7 Å². The summed E-state index contributed by atoms with van der Waals surface area (Å²) in [7, 11) is 1.79. The van der Waals surface area contributed by atoms with E-state index in [1.807, 2.05) is 6.92 Å². The molecule has 0 N–H and O–H groups in total. The summed E-state index contributed by atoms with van der Waals surface area (Å²) < 4.78 is 35.3. The van der Waals surface area contributed by atoms with E-state index in [4.69, 9.17) is 4.74 Å². The molecule has 5 heterocycles. The molecule has 11 heteroatoms. The van der Waals surface area contributed by atoms with Crippen molar-refractivity contribution in [3.63, 3.8) is 0 Å². The number of ether oxygens (including phenoxy) is 1. The van der Waals surface area contributed by atoms with Crippen molar-refractivity contribution in [1.29, 1.82) is 0 Å². The molecule has 0 bridgehead atoms. The highest BCUT2D eigenvalue weighted by Gasteiger charge is 2.39. The summed E-state index contributed by atoms with van der Waals surface area (Å²) in [6, 6.07) is 3.49. The molecule has 3 aromatic rings. The van der Waals surface area contributed by atoms with Gasteiger partial charge in [-0.1, -0.05) is 0 Å². The first-order valence-electron chi connectivity index (χ1n) is 10.4. The fraction of sp³-hybridized carbons (Fsp3) is 0.318. The molecule has 0 aliphatic carbocycles. The molecule has 2 aliphatic rings. The Morgan fingerprint density at radius 3 is 2.73 bits per heavy atom. The number of carbonyl (C=O) groups is 1. The number of likely N-dealkylation sites (tertiary alicyclic amines) is 1. The van der Waals surface area contributed by atoms with Gasteiger partial charge >= 0.3 is 6.03 Å². The minimum atomic E-state index is -0.578. The predicted octanol–water partition coefficient (Wildman–Crippen LogP) is 3.08. The molecular formula is C22H21F2N7O2. The standard InChI is InChI=1S/C22H21F2N7O2/c1-13-8-27-29(2)20(13)18-4-3-17(24)21(28-18)33-16-11-30(12-16)22(32)31-19(5-6-26-31)14-7-15(23)10-25-9-14/h3-4,6-10,16,19H,5,11-12H2,1-2H3/t19-/m0/s1. The lowest BCUT2D eigenvalue weighted by molar-refractivity contribution is 0.0231. The van der Waals surface area contributed by atoms with Crippen LogP contribution in [0.3, 0.4) is 0 Å². The Balaban J connectivity index is 1.24. The van der Waals surface area contributed by atoms with E-state index in [1.54, 1.807) is 35.1 Å². The second-order valence-electron chi connectivity index (χ2n) is 8.04. The van der Waals surface area contributed by atoms with Crippen LogP contribution in [0.2, 0.25) is 0 Å². The average Bonchev–Trinajstić information content (AvgIpc) is 3.38. The van der Waals surface area contributed by atoms with Crippen molar-refractivity contribution >= 4 is 12.2 Å². The molecule has 5 rings (SSSR count). The van der Waals surface area contributed by atoms with Crippen molar-refractivity contribution in [3.8, 4) is 17.3 Å². The topological polar surface area (TPSA) is 88.7 Å². The lowest BCUT2D eigenvalue weighted by Gasteiger charge is -2.40. The Bertz CT molecular complexity index is 1220. The van der Waals surface area contributed by atoms with Crippen LogP contribution in [0.4, 0.5) is 13.6 Å². The molecule has 0 unspecified atom stereocenters. The number of halogens is 2. The molecule has 170 valence electrons. The fourth-order valence-electron chi connectivity index (χ4n) is 4.01. The van der Waals surface area contributed by atoms with E-state index in [9.17, 15) is 13.6 Å². The third-order valence-electron chi connectivity index (χ3n) is 5.71. The van der Waals surface area contributed by atoms with Gasteiger partial charge in [-0.3, -0.25) is 9.67 Å². The van der Waals surface area contributed by atoms with Crippen LogP contribution in [0.15, 0.2) is 41.9 Å².